The number of fused-ring (bicyclic) bond motifs is 7. The van der Waals surface area contributed by atoms with E-state index in [1.807, 2.05) is 60.7 Å². The van der Waals surface area contributed by atoms with Crippen molar-refractivity contribution >= 4 is 43.5 Å². The Morgan fingerprint density at radius 2 is 0.807 bits per heavy atom. The third-order valence-electron chi connectivity index (χ3n) is 10.8. The van der Waals surface area contributed by atoms with E-state index in [4.69, 9.17) is 19.9 Å². The van der Waals surface area contributed by atoms with Crippen LogP contribution in [0.1, 0.15) is 0 Å². The Kier molecular flexibility index (Phi) is 7.74. The predicted molar refractivity (Wildman–Crippen MR) is 234 cm³/mol. The molecule has 11 aromatic rings. The minimum Gasteiger partial charge on any atom is -0.309 e. The van der Waals surface area contributed by atoms with E-state index in [1.165, 1.54) is 21.7 Å². The van der Waals surface area contributed by atoms with Gasteiger partial charge in [-0.1, -0.05) is 164 Å². The van der Waals surface area contributed by atoms with E-state index in [9.17, 15) is 0 Å². The Morgan fingerprint density at radius 3 is 1.44 bits per heavy atom. The summed E-state index contributed by atoms with van der Waals surface area (Å²) in [5.74, 6) is 1.93. The van der Waals surface area contributed by atoms with Crippen LogP contribution < -0.4 is 0 Å². The molecule has 0 unspecified atom stereocenters. The molecule has 0 spiro atoms. The van der Waals surface area contributed by atoms with E-state index < -0.39 is 0 Å². The first-order chi connectivity index (χ1) is 28.3. The molecule has 0 saturated heterocycles. The maximum atomic E-state index is 5.44. The SMILES string of the molecule is c1ccc(-c2nc(-c3ccccc3)nc(-c3ccc(-c4ccc5nc(-c6ccccc6)c6c(ccc7c6c6ccccc6n7-c6ccccc6)c5c4)cc3)n2)cc1. The normalized spacial score (nSPS) is 11.5. The molecule has 5 heteroatoms. The fourth-order valence-corrected chi connectivity index (χ4v) is 8.15. The summed E-state index contributed by atoms with van der Waals surface area (Å²) >= 11 is 0. The van der Waals surface area contributed by atoms with Crippen LogP contribution in [0.25, 0.3) is 106 Å². The minimum absolute atomic E-state index is 0.634. The Bertz CT molecular complexity index is 3190. The van der Waals surface area contributed by atoms with Crippen LogP contribution in [-0.2, 0) is 0 Å². The molecule has 0 saturated carbocycles. The highest BCUT2D eigenvalue weighted by Crippen LogP contribution is 2.43. The lowest BCUT2D eigenvalue weighted by Crippen LogP contribution is -2.00. The number of pyridine rings is 1. The maximum absolute atomic E-state index is 5.44. The molecule has 8 aromatic carbocycles. The van der Waals surface area contributed by atoms with Crippen LogP contribution in [0.4, 0.5) is 0 Å². The molecule has 0 aliphatic carbocycles. The largest absolute Gasteiger partial charge is 0.309 e. The molecule has 3 aromatic heterocycles. The summed E-state index contributed by atoms with van der Waals surface area (Å²) < 4.78 is 2.37. The first kappa shape index (κ1) is 32.7. The van der Waals surface area contributed by atoms with Crippen LogP contribution in [0, 0.1) is 0 Å². The van der Waals surface area contributed by atoms with E-state index >= 15 is 0 Å². The fraction of sp³-hybridized carbons (Fsp3) is 0. The predicted octanol–water partition coefficient (Wildman–Crippen LogP) is 13.0. The highest BCUT2D eigenvalue weighted by Gasteiger charge is 2.20. The average Bonchev–Trinajstić information content (AvgIpc) is 3.64. The molecule has 0 aliphatic heterocycles. The molecule has 57 heavy (non-hydrogen) atoms. The van der Waals surface area contributed by atoms with Crippen molar-refractivity contribution in [2.24, 2.45) is 0 Å². The van der Waals surface area contributed by atoms with Gasteiger partial charge in [0, 0.05) is 49.5 Å². The number of nitrogens with zero attached hydrogens (tertiary/aromatic N) is 5. The van der Waals surface area contributed by atoms with Crippen molar-refractivity contribution in [3.63, 3.8) is 0 Å². The molecule has 5 nitrogen and oxygen atoms in total. The molecule has 0 N–H and O–H groups in total. The fourth-order valence-electron chi connectivity index (χ4n) is 8.15. The summed E-state index contributed by atoms with van der Waals surface area (Å²) in [5, 5.41) is 5.85. The monoisotopic (exact) mass is 727 g/mol. The van der Waals surface area contributed by atoms with E-state index in [-0.39, 0.29) is 0 Å². The quantitative estimate of drug-likeness (QED) is 0.160. The summed E-state index contributed by atoms with van der Waals surface area (Å²) in [5.41, 5.74) is 11.5. The molecule has 0 fully saturated rings. The van der Waals surface area contributed by atoms with Gasteiger partial charge in [-0.2, -0.15) is 0 Å². The lowest BCUT2D eigenvalue weighted by molar-refractivity contribution is 1.07. The lowest BCUT2D eigenvalue weighted by atomic mass is 9.94. The summed E-state index contributed by atoms with van der Waals surface area (Å²) in [6, 6.07) is 69.8. The van der Waals surface area contributed by atoms with Crippen molar-refractivity contribution in [1.82, 2.24) is 24.5 Å². The smallest absolute Gasteiger partial charge is 0.164 e. The lowest BCUT2D eigenvalue weighted by Gasteiger charge is -2.14. The topological polar surface area (TPSA) is 56.5 Å². The molecular formula is C52H33N5. The Labute approximate surface area is 329 Å². The van der Waals surface area contributed by atoms with Crippen molar-refractivity contribution < 1.29 is 0 Å². The van der Waals surface area contributed by atoms with Crippen molar-refractivity contribution in [2.75, 3.05) is 0 Å². The number of hydrogen-bond donors (Lipinski definition) is 0. The van der Waals surface area contributed by atoms with Gasteiger partial charge in [-0.25, -0.2) is 19.9 Å². The number of rotatable bonds is 6. The van der Waals surface area contributed by atoms with Gasteiger partial charge in [-0.15, -0.1) is 0 Å². The second kappa shape index (κ2) is 13.5. The highest BCUT2D eigenvalue weighted by atomic mass is 15.0. The minimum atomic E-state index is 0.634. The van der Waals surface area contributed by atoms with Crippen LogP contribution in [0.2, 0.25) is 0 Å². The molecule has 0 radical (unpaired) electrons. The Morgan fingerprint density at radius 1 is 0.298 bits per heavy atom. The zero-order valence-electron chi connectivity index (χ0n) is 30.8. The Balaban J connectivity index is 1.08. The molecule has 0 bridgehead atoms. The molecule has 3 heterocycles. The Hall–Kier alpha value is -7.76. The van der Waals surface area contributed by atoms with E-state index in [0.29, 0.717) is 17.5 Å². The van der Waals surface area contributed by atoms with Crippen molar-refractivity contribution in [3.05, 3.63) is 200 Å². The van der Waals surface area contributed by atoms with E-state index in [2.05, 4.69) is 144 Å². The molecule has 266 valence electrons. The van der Waals surface area contributed by atoms with Crippen LogP contribution >= 0.6 is 0 Å². The summed E-state index contributed by atoms with van der Waals surface area (Å²) in [7, 11) is 0. The van der Waals surface area contributed by atoms with E-state index in [1.54, 1.807) is 0 Å². The molecular weight excluding hydrogens is 695 g/mol. The van der Waals surface area contributed by atoms with Crippen molar-refractivity contribution in [3.8, 4) is 62.2 Å². The van der Waals surface area contributed by atoms with Crippen LogP contribution in [-0.4, -0.2) is 24.5 Å². The van der Waals surface area contributed by atoms with Gasteiger partial charge < -0.3 is 4.57 Å². The highest BCUT2D eigenvalue weighted by molar-refractivity contribution is 6.28. The standard InChI is InChI=1S/C52H33N5/c1-5-15-35(16-6-1)49-48-41(30-32-46-47(48)42-23-13-14-24-45(42)57(46)40-21-11-4-12-22-40)43-33-39(29-31-44(43)53-49)34-25-27-38(28-26-34)52-55-50(36-17-7-2-8-18-36)54-51(56-52)37-19-9-3-10-20-37/h1-33H. The maximum Gasteiger partial charge on any atom is 0.164 e. The van der Waals surface area contributed by atoms with Gasteiger partial charge in [0.15, 0.2) is 17.5 Å². The molecule has 0 amide bonds. The van der Waals surface area contributed by atoms with Crippen molar-refractivity contribution in [2.45, 2.75) is 0 Å². The number of hydrogen-bond acceptors (Lipinski definition) is 4. The van der Waals surface area contributed by atoms with Crippen LogP contribution in [0.3, 0.4) is 0 Å². The van der Waals surface area contributed by atoms with Gasteiger partial charge in [-0.05, 0) is 52.9 Å². The van der Waals surface area contributed by atoms with Crippen LogP contribution in [0.15, 0.2) is 200 Å². The molecule has 0 aliphatic rings. The van der Waals surface area contributed by atoms with Gasteiger partial charge in [0.05, 0.1) is 22.2 Å². The zero-order valence-corrected chi connectivity index (χ0v) is 30.8. The number of benzene rings is 8. The van der Waals surface area contributed by atoms with Gasteiger partial charge in [-0.3, -0.25) is 0 Å². The van der Waals surface area contributed by atoms with Crippen molar-refractivity contribution in [1.29, 1.82) is 0 Å². The third kappa shape index (κ3) is 5.64. The van der Waals surface area contributed by atoms with Gasteiger partial charge in [0.2, 0.25) is 0 Å². The second-order valence-corrected chi connectivity index (χ2v) is 14.2. The molecule has 0 atom stereocenters. The average molecular weight is 728 g/mol. The van der Waals surface area contributed by atoms with Gasteiger partial charge >= 0.3 is 0 Å². The summed E-state index contributed by atoms with van der Waals surface area (Å²) in [4.78, 5) is 20.2. The van der Waals surface area contributed by atoms with Crippen LogP contribution in [0.5, 0.6) is 0 Å². The third-order valence-corrected chi connectivity index (χ3v) is 10.8. The number of para-hydroxylation sites is 2. The summed E-state index contributed by atoms with van der Waals surface area (Å²) in [6.45, 7) is 0. The summed E-state index contributed by atoms with van der Waals surface area (Å²) in [6.07, 6.45) is 0. The molecule has 11 rings (SSSR count). The van der Waals surface area contributed by atoms with Gasteiger partial charge in [0.25, 0.3) is 0 Å². The first-order valence-corrected chi connectivity index (χ1v) is 19.1. The number of aromatic nitrogens is 5. The van der Waals surface area contributed by atoms with Gasteiger partial charge in [0.1, 0.15) is 0 Å². The first-order valence-electron chi connectivity index (χ1n) is 19.1. The second-order valence-electron chi connectivity index (χ2n) is 14.2. The van der Waals surface area contributed by atoms with E-state index in [0.717, 1.165) is 66.6 Å². The zero-order chi connectivity index (χ0) is 37.7.